The van der Waals surface area contributed by atoms with Crippen LogP contribution in [0.25, 0.3) is 0 Å². The average molecular weight is 319 g/mol. The van der Waals surface area contributed by atoms with E-state index in [1.54, 1.807) is 24.3 Å². The number of hydrogen-bond donors (Lipinski definition) is 2. The van der Waals surface area contributed by atoms with Crippen molar-refractivity contribution < 1.29 is 4.79 Å². The second kappa shape index (κ2) is 7.85. The summed E-state index contributed by atoms with van der Waals surface area (Å²) in [6, 6.07) is 13.5. The SMILES string of the molecule is Cc1ccc(CC(C)NC(=O)c2cccc(N)c2)c(C)c1.Cl. The summed E-state index contributed by atoms with van der Waals surface area (Å²) in [5.74, 6) is -0.0837. The highest BCUT2D eigenvalue weighted by Gasteiger charge is 2.11. The van der Waals surface area contributed by atoms with Crippen LogP contribution in [0, 0.1) is 13.8 Å². The van der Waals surface area contributed by atoms with E-state index >= 15 is 0 Å². The monoisotopic (exact) mass is 318 g/mol. The summed E-state index contributed by atoms with van der Waals surface area (Å²) in [6.45, 7) is 6.21. The van der Waals surface area contributed by atoms with E-state index in [4.69, 9.17) is 5.73 Å². The quantitative estimate of drug-likeness (QED) is 0.845. The molecular weight excluding hydrogens is 296 g/mol. The van der Waals surface area contributed by atoms with Gasteiger partial charge in [-0.25, -0.2) is 0 Å². The second-order valence-corrected chi connectivity index (χ2v) is 5.63. The van der Waals surface area contributed by atoms with E-state index in [0.717, 1.165) is 6.42 Å². The summed E-state index contributed by atoms with van der Waals surface area (Å²) in [7, 11) is 0. The zero-order valence-corrected chi connectivity index (χ0v) is 14.0. The Bertz CT molecular complexity index is 655. The van der Waals surface area contributed by atoms with Crippen molar-refractivity contribution in [1.82, 2.24) is 5.32 Å². The fourth-order valence-electron chi connectivity index (χ4n) is 2.44. The lowest BCUT2D eigenvalue weighted by Gasteiger charge is -2.16. The summed E-state index contributed by atoms with van der Waals surface area (Å²) in [4.78, 5) is 12.2. The number of nitrogen functional groups attached to an aromatic ring is 1. The Balaban J connectivity index is 0.00000242. The maximum atomic E-state index is 12.2. The number of anilines is 1. The Labute approximate surface area is 138 Å². The van der Waals surface area contributed by atoms with Crippen molar-refractivity contribution in [2.75, 3.05) is 5.73 Å². The number of hydrogen-bond acceptors (Lipinski definition) is 2. The highest BCUT2D eigenvalue weighted by atomic mass is 35.5. The third-order valence-electron chi connectivity index (χ3n) is 3.55. The van der Waals surface area contributed by atoms with Crippen molar-refractivity contribution in [3.05, 3.63) is 64.7 Å². The average Bonchev–Trinajstić information content (AvgIpc) is 2.42. The predicted octanol–water partition coefficient (Wildman–Crippen LogP) is 3.67. The molecule has 0 saturated heterocycles. The Morgan fingerprint density at radius 1 is 1.18 bits per heavy atom. The first kappa shape index (κ1) is 18.1. The van der Waals surface area contributed by atoms with Gasteiger partial charge in [-0.05, 0) is 56.5 Å². The molecule has 0 spiro atoms. The Morgan fingerprint density at radius 3 is 2.55 bits per heavy atom. The smallest absolute Gasteiger partial charge is 0.251 e. The second-order valence-electron chi connectivity index (χ2n) is 5.63. The van der Waals surface area contributed by atoms with Crippen LogP contribution < -0.4 is 11.1 Å². The molecule has 22 heavy (non-hydrogen) atoms. The molecule has 1 atom stereocenters. The van der Waals surface area contributed by atoms with E-state index in [1.807, 2.05) is 6.92 Å². The van der Waals surface area contributed by atoms with Crippen LogP contribution in [0.3, 0.4) is 0 Å². The fourth-order valence-corrected chi connectivity index (χ4v) is 2.44. The number of rotatable bonds is 4. The Morgan fingerprint density at radius 2 is 1.91 bits per heavy atom. The molecule has 2 aromatic rings. The molecule has 0 bridgehead atoms. The van der Waals surface area contributed by atoms with Gasteiger partial charge in [0.2, 0.25) is 0 Å². The lowest BCUT2D eigenvalue weighted by molar-refractivity contribution is 0.0940. The number of nitrogens with two attached hydrogens (primary N) is 1. The number of carbonyl (C=O) groups is 1. The van der Waals surface area contributed by atoms with Gasteiger partial charge in [-0.2, -0.15) is 0 Å². The van der Waals surface area contributed by atoms with Gasteiger partial charge in [0.05, 0.1) is 0 Å². The number of amides is 1. The zero-order valence-electron chi connectivity index (χ0n) is 13.2. The first-order valence-electron chi connectivity index (χ1n) is 7.18. The van der Waals surface area contributed by atoms with E-state index in [0.29, 0.717) is 11.3 Å². The Hall–Kier alpha value is -2.00. The van der Waals surface area contributed by atoms with Crippen LogP contribution in [0.1, 0.15) is 34.0 Å². The van der Waals surface area contributed by atoms with Gasteiger partial charge in [0.15, 0.2) is 0 Å². The zero-order chi connectivity index (χ0) is 15.4. The van der Waals surface area contributed by atoms with Gasteiger partial charge in [-0.1, -0.05) is 29.8 Å². The van der Waals surface area contributed by atoms with Crippen LogP contribution in [0.5, 0.6) is 0 Å². The van der Waals surface area contributed by atoms with Crippen molar-refractivity contribution in [2.45, 2.75) is 33.2 Å². The molecule has 0 heterocycles. The fraction of sp³-hybridized carbons (Fsp3) is 0.278. The van der Waals surface area contributed by atoms with Crippen molar-refractivity contribution in [1.29, 1.82) is 0 Å². The van der Waals surface area contributed by atoms with Crippen LogP contribution in [0.4, 0.5) is 5.69 Å². The van der Waals surface area contributed by atoms with Gasteiger partial charge < -0.3 is 11.1 Å². The van der Waals surface area contributed by atoms with Gasteiger partial charge >= 0.3 is 0 Å². The first-order valence-corrected chi connectivity index (χ1v) is 7.18. The van der Waals surface area contributed by atoms with Crippen molar-refractivity contribution >= 4 is 24.0 Å². The lowest BCUT2D eigenvalue weighted by atomic mass is 10.00. The van der Waals surface area contributed by atoms with Crippen molar-refractivity contribution in [3.8, 4) is 0 Å². The minimum atomic E-state index is -0.0837. The highest BCUT2D eigenvalue weighted by molar-refractivity contribution is 5.95. The van der Waals surface area contributed by atoms with Gasteiger partial charge in [0.1, 0.15) is 0 Å². The van der Waals surface area contributed by atoms with Crippen molar-refractivity contribution in [2.24, 2.45) is 0 Å². The number of halogens is 1. The van der Waals surface area contributed by atoms with E-state index in [1.165, 1.54) is 16.7 Å². The van der Waals surface area contributed by atoms with Crippen LogP contribution in [-0.4, -0.2) is 11.9 Å². The minimum Gasteiger partial charge on any atom is -0.399 e. The predicted molar refractivity (Wildman–Crippen MR) is 94.7 cm³/mol. The molecule has 118 valence electrons. The summed E-state index contributed by atoms with van der Waals surface area (Å²) >= 11 is 0. The third-order valence-corrected chi connectivity index (χ3v) is 3.55. The van der Waals surface area contributed by atoms with Gasteiger partial charge in [0, 0.05) is 17.3 Å². The highest BCUT2D eigenvalue weighted by Crippen LogP contribution is 2.13. The van der Waals surface area contributed by atoms with E-state index in [-0.39, 0.29) is 24.4 Å². The molecule has 0 radical (unpaired) electrons. The standard InChI is InChI=1S/C18H22N2O.ClH/c1-12-7-8-15(13(2)9-12)10-14(3)20-18(21)16-5-4-6-17(19)11-16;/h4-9,11,14H,10,19H2,1-3H3,(H,20,21);1H. The van der Waals surface area contributed by atoms with Crippen LogP contribution >= 0.6 is 12.4 Å². The molecule has 0 aliphatic heterocycles. The van der Waals surface area contributed by atoms with Crippen LogP contribution in [0.2, 0.25) is 0 Å². The number of carbonyl (C=O) groups excluding carboxylic acids is 1. The van der Waals surface area contributed by atoms with Crippen LogP contribution in [0.15, 0.2) is 42.5 Å². The molecule has 0 fully saturated rings. The maximum Gasteiger partial charge on any atom is 0.251 e. The minimum absolute atomic E-state index is 0. The molecule has 4 heteroatoms. The van der Waals surface area contributed by atoms with Crippen LogP contribution in [-0.2, 0) is 6.42 Å². The topological polar surface area (TPSA) is 55.1 Å². The summed E-state index contributed by atoms with van der Waals surface area (Å²) in [6.07, 6.45) is 0.820. The van der Waals surface area contributed by atoms with E-state index in [9.17, 15) is 4.79 Å². The number of nitrogens with one attached hydrogen (secondary N) is 1. The van der Waals surface area contributed by atoms with Gasteiger partial charge in [-0.15, -0.1) is 12.4 Å². The molecule has 1 unspecified atom stereocenters. The molecule has 3 N–H and O–H groups in total. The maximum absolute atomic E-state index is 12.2. The molecule has 3 nitrogen and oxygen atoms in total. The number of benzene rings is 2. The molecule has 2 rings (SSSR count). The molecule has 0 aromatic heterocycles. The molecular formula is C18H23ClN2O. The van der Waals surface area contributed by atoms with E-state index in [2.05, 4.69) is 37.4 Å². The molecule has 0 aliphatic carbocycles. The number of aryl methyl sites for hydroxylation is 2. The van der Waals surface area contributed by atoms with Gasteiger partial charge in [0.25, 0.3) is 5.91 Å². The molecule has 0 aliphatic rings. The van der Waals surface area contributed by atoms with Crippen molar-refractivity contribution in [3.63, 3.8) is 0 Å². The third kappa shape index (κ3) is 4.78. The largest absolute Gasteiger partial charge is 0.399 e. The van der Waals surface area contributed by atoms with Gasteiger partial charge in [-0.3, -0.25) is 4.79 Å². The molecule has 1 amide bonds. The summed E-state index contributed by atoms with van der Waals surface area (Å²) < 4.78 is 0. The summed E-state index contributed by atoms with van der Waals surface area (Å²) in [5, 5.41) is 3.02. The normalized spacial score (nSPS) is 11.4. The lowest BCUT2D eigenvalue weighted by Crippen LogP contribution is -2.34. The Kier molecular flexibility index (Phi) is 6.44. The molecule has 0 saturated carbocycles. The summed E-state index contributed by atoms with van der Waals surface area (Å²) in [5.41, 5.74) is 10.7. The van der Waals surface area contributed by atoms with E-state index < -0.39 is 0 Å². The molecule has 2 aromatic carbocycles. The first-order chi connectivity index (χ1) is 9.95.